The highest BCUT2D eigenvalue weighted by molar-refractivity contribution is 5.93. The van der Waals surface area contributed by atoms with Gasteiger partial charge in [-0.2, -0.15) is 13.2 Å². The van der Waals surface area contributed by atoms with Crippen LogP contribution in [0.15, 0.2) is 84.9 Å². The van der Waals surface area contributed by atoms with Crippen LogP contribution in [-0.2, 0) is 6.18 Å². The number of benzene rings is 3. The van der Waals surface area contributed by atoms with Gasteiger partial charge in [0.15, 0.2) is 0 Å². The molecular weight excluding hydrogens is 399 g/mol. The number of aromatic nitrogens is 1. The molecule has 4 rings (SSSR count). The van der Waals surface area contributed by atoms with Crippen molar-refractivity contribution in [1.82, 2.24) is 4.98 Å². The lowest BCUT2D eigenvalue weighted by Crippen LogP contribution is -2.04. The third kappa shape index (κ3) is 4.31. The van der Waals surface area contributed by atoms with Gasteiger partial charge >= 0.3 is 6.18 Å². The topological polar surface area (TPSA) is 22.1 Å². The van der Waals surface area contributed by atoms with Crippen molar-refractivity contribution >= 4 is 0 Å². The second-order valence-corrected chi connectivity index (χ2v) is 7.20. The van der Waals surface area contributed by atoms with E-state index in [1.165, 1.54) is 12.1 Å². The van der Waals surface area contributed by atoms with Crippen LogP contribution in [0.2, 0.25) is 0 Å². The number of hydrogen-bond donors (Lipinski definition) is 0. The zero-order valence-electron chi connectivity index (χ0n) is 17.1. The van der Waals surface area contributed by atoms with E-state index < -0.39 is 11.7 Å². The molecule has 4 aromatic rings. The van der Waals surface area contributed by atoms with Crippen LogP contribution in [-0.4, -0.2) is 12.1 Å². The number of ether oxygens (including phenoxy) is 1. The summed E-state index contributed by atoms with van der Waals surface area (Å²) in [6.45, 7) is 1.89. The summed E-state index contributed by atoms with van der Waals surface area (Å²) in [7, 11) is 1.60. The van der Waals surface area contributed by atoms with Gasteiger partial charge in [-0.15, -0.1) is 0 Å². The lowest BCUT2D eigenvalue weighted by Gasteiger charge is -2.17. The van der Waals surface area contributed by atoms with Crippen LogP contribution in [0.25, 0.3) is 33.5 Å². The minimum absolute atomic E-state index is 0.625. The predicted molar refractivity (Wildman–Crippen MR) is 117 cm³/mol. The first kappa shape index (κ1) is 20.7. The van der Waals surface area contributed by atoms with Gasteiger partial charge in [0.1, 0.15) is 5.75 Å². The van der Waals surface area contributed by atoms with Gasteiger partial charge in [0.05, 0.1) is 18.4 Å². The molecule has 1 aromatic heterocycles. The molecule has 0 saturated heterocycles. The van der Waals surface area contributed by atoms with Gasteiger partial charge < -0.3 is 4.74 Å². The van der Waals surface area contributed by atoms with Crippen molar-refractivity contribution in [3.05, 3.63) is 96.2 Å². The molecule has 0 bridgehead atoms. The Kier molecular flexibility index (Phi) is 5.51. The fourth-order valence-corrected chi connectivity index (χ4v) is 3.59. The molecule has 0 unspecified atom stereocenters. The molecule has 5 heteroatoms. The Bertz CT molecular complexity index is 1180. The molecule has 2 nitrogen and oxygen atoms in total. The Balaban J connectivity index is 1.97. The highest BCUT2D eigenvalue weighted by Crippen LogP contribution is 2.40. The van der Waals surface area contributed by atoms with Crippen molar-refractivity contribution in [2.75, 3.05) is 7.11 Å². The van der Waals surface area contributed by atoms with Crippen LogP contribution in [0.5, 0.6) is 5.75 Å². The largest absolute Gasteiger partial charge is 0.497 e. The summed E-state index contributed by atoms with van der Waals surface area (Å²) in [6.07, 6.45) is -4.38. The Labute approximate surface area is 179 Å². The smallest absolute Gasteiger partial charge is 0.416 e. The molecule has 1 heterocycles. The van der Waals surface area contributed by atoms with Gasteiger partial charge in [0, 0.05) is 16.8 Å². The van der Waals surface area contributed by atoms with Crippen LogP contribution in [0, 0.1) is 6.92 Å². The first-order valence-electron chi connectivity index (χ1n) is 9.76. The minimum Gasteiger partial charge on any atom is -0.497 e. The third-order valence-corrected chi connectivity index (χ3v) is 5.10. The van der Waals surface area contributed by atoms with E-state index in [4.69, 9.17) is 9.72 Å². The van der Waals surface area contributed by atoms with Crippen molar-refractivity contribution in [3.63, 3.8) is 0 Å². The van der Waals surface area contributed by atoms with E-state index in [1.54, 1.807) is 7.11 Å². The number of aryl methyl sites for hydroxylation is 1. The van der Waals surface area contributed by atoms with Gasteiger partial charge in [-0.1, -0.05) is 54.6 Å². The average molecular weight is 419 g/mol. The molecule has 0 radical (unpaired) electrons. The van der Waals surface area contributed by atoms with Gasteiger partial charge in [0.25, 0.3) is 0 Å². The lowest BCUT2D eigenvalue weighted by molar-refractivity contribution is -0.137. The standard InChI is InChI=1S/C26H20F3NO/c1-17-16-23(18-6-4-3-5-7-18)24(19-10-14-22(31-2)15-11-19)25(30-17)20-8-12-21(13-9-20)26(27,28)29/h3-16H,1-2H3. The highest BCUT2D eigenvalue weighted by atomic mass is 19.4. The zero-order chi connectivity index (χ0) is 22.0. The van der Waals surface area contributed by atoms with E-state index in [0.29, 0.717) is 11.3 Å². The number of methoxy groups -OCH3 is 1. The highest BCUT2D eigenvalue weighted by Gasteiger charge is 2.30. The lowest BCUT2D eigenvalue weighted by atomic mass is 9.90. The zero-order valence-corrected chi connectivity index (χ0v) is 17.1. The van der Waals surface area contributed by atoms with E-state index >= 15 is 0 Å². The van der Waals surface area contributed by atoms with E-state index in [-0.39, 0.29) is 0 Å². The second-order valence-electron chi connectivity index (χ2n) is 7.20. The normalized spacial score (nSPS) is 11.4. The van der Waals surface area contributed by atoms with E-state index in [2.05, 4.69) is 0 Å². The van der Waals surface area contributed by atoms with Crippen molar-refractivity contribution in [3.8, 4) is 39.3 Å². The molecule has 0 atom stereocenters. The number of halogens is 3. The maximum absolute atomic E-state index is 13.1. The van der Waals surface area contributed by atoms with Gasteiger partial charge in [-0.3, -0.25) is 4.98 Å². The summed E-state index contributed by atoms with van der Waals surface area (Å²) in [5.41, 5.74) is 5.10. The molecule has 0 fully saturated rings. The summed E-state index contributed by atoms with van der Waals surface area (Å²) in [5, 5.41) is 0. The number of nitrogens with zero attached hydrogens (tertiary/aromatic N) is 1. The molecular formula is C26H20F3NO. The quantitative estimate of drug-likeness (QED) is 0.343. The summed E-state index contributed by atoms with van der Waals surface area (Å²) < 4.78 is 44.5. The summed E-state index contributed by atoms with van der Waals surface area (Å²) in [6, 6.07) is 24.6. The first-order chi connectivity index (χ1) is 14.9. The molecule has 0 N–H and O–H groups in total. The van der Waals surface area contributed by atoms with Crippen molar-refractivity contribution in [2.45, 2.75) is 13.1 Å². The van der Waals surface area contributed by atoms with E-state index in [0.717, 1.165) is 45.8 Å². The van der Waals surface area contributed by atoms with Crippen LogP contribution in [0.3, 0.4) is 0 Å². The van der Waals surface area contributed by atoms with Crippen LogP contribution in [0.1, 0.15) is 11.3 Å². The predicted octanol–water partition coefficient (Wildman–Crippen LogP) is 7.42. The molecule has 3 aromatic carbocycles. The molecule has 0 amide bonds. The number of pyridine rings is 1. The summed E-state index contributed by atoms with van der Waals surface area (Å²) in [4.78, 5) is 4.73. The van der Waals surface area contributed by atoms with Gasteiger partial charge in [-0.25, -0.2) is 0 Å². The Morgan fingerprint density at radius 2 is 1.35 bits per heavy atom. The molecule has 0 saturated carbocycles. The second kappa shape index (κ2) is 8.26. The van der Waals surface area contributed by atoms with Gasteiger partial charge in [-0.05, 0) is 53.9 Å². The Morgan fingerprint density at radius 1 is 0.742 bits per heavy atom. The van der Waals surface area contributed by atoms with Crippen molar-refractivity contribution < 1.29 is 17.9 Å². The minimum atomic E-state index is -4.38. The molecule has 0 aliphatic carbocycles. The van der Waals surface area contributed by atoms with Crippen LogP contribution in [0.4, 0.5) is 13.2 Å². The Hall–Kier alpha value is -3.60. The molecule has 0 aliphatic heterocycles. The maximum atomic E-state index is 13.1. The first-order valence-corrected chi connectivity index (χ1v) is 9.76. The number of hydrogen-bond acceptors (Lipinski definition) is 2. The summed E-state index contributed by atoms with van der Waals surface area (Å²) >= 11 is 0. The van der Waals surface area contributed by atoms with Crippen LogP contribution >= 0.6 is 0 Å². The van der Waals surface area contributed by atoms with E-state index in [9.17, 15) is 13.2 Å². The molecule has 31 heavy (non-hydrogen) atoms. The van der Waals surface area contributed by atoms with Crippen molar-refractivity contribution in [1.29, 1.82) is 0 Å². The third-order valence-electron chi connectivity index (χ3n) is 5.10. The fourth-order valence-electron chi connectivity index (χ4n) is 3.59. The van der Waals surface area contributed by atoms with E-state index in [1.807, 2.05) is 67.6 Å². The van der Waals surface area contributed by atoms with Crippen LogP contribution < -0.4 is 4.74 Å². The van der Waals surface area contributed by atoms with Crippen molar-refractivity contribution in [2.24, 2.45) is 0 Å². The van der Waals surface area contributed by atoms with Gasteiger partial charge in [0.2, 0.25) is 0 Å². The number of alkyl halides is 3. The maximum Gasteiger partial charge on any atom is 0.416 e. The molecule has 0 spiro atoms. The fraction of sp³-hybridized carbons (Fsp3) is 0.115. The summed E-state index contributed by atoms with van der Waals surface area (Å²) in [5.74, 6) is 0.723. The average Bonchev–Trinajstić information content (AvgIpc) is 2.79. The SMILES string of the molecule is COc1ccc(-c2c(-c3ccccc3)cc(C)nc2-c2ccc(C(F)(F)F)cc2)cc1. The molecule has 156 valence electrons. The monoisotopic (exact) mass is 419 g/mol. The number of rotatable bonds is 4. The molecule has 0 aliphatic rings. The Morgan fingerprint density at radius 3 is 1.94 bits per heavy atom.